The lowest BCUT2D eigenvalue weighted by molar-refractivity contribution is 0.0463. The lowest BCUT2D eigenvalue weighted by Gasteiger charge is -2.07. The summed E-state index contributed by atoms with van der Waals surface area (Å²) in [6.07, 6.45) is 0. The number of aryl methyl sites for hydroxylation is 1. The zero-order chi connectivity index (χ0) is 17.1. The molecule has 0 atom stereocenters. The minimum Gasteiger partial charge on any atom is -0.497 e. The molecule has 0 spiro atoms. The second-order valence-electron chi connectivity index (χ2n) is 5.30. The number of methoxy groups -OCH3 is 1. The molecule has 3 aromatic rings. The van der Waals surface area contributed by atoms with Gasteiger partial charge in [-0.3, -0.25) is 4.79 Å². The van der Waals surface area contributed by atoms with E-state index >= 15 is 0 Å². The number of rotatable bonds is 4. The first-order valence-corrected chi connectivity index (χ1v) is 7.35. The van der Waals surface area contributed by atoms with Crippen LogP contribution in [0.3, 0.4) is 0 Å². The van der Waals surface area contributed by atoms with Gasteiger partial charge in [0, 0.05) is 13.1 Å². The van der Waals surface area contributed by atoms with E-state index in [1.165, 1.54) is 19.2 Å². The normalized spacial score (nSPS) is 10.6. The molecule has 1 heterocycles. The van der Waals surface area contributed by atoms with Crippen LogP contribution < -0.4 is 10.3 Å². The molecule has 0 unspecified atom stereocenters. The summed E-state index contributed by atoms with van der Waals surface area (Å²) in [6, 6.07) is 14.2. The van der Waals surface area contributed by atoms with E-state index in [1.54, 1.807) is 7.11 Å². The van der Waals surface area contributed by atoms with E-state index in [4.69, 9.17) is 9.47 Å². The molecule has 24 heavy (non-hydrogen) atoms. The minimum atomic E-state index is -0.569. The van der Waals surface area contributed by atoms with Gasteiger partial charge >= 0.3 is 5.97 Å². The van der Waals surface area contributed by atoms with Crippen LogP contribution in [0.25, 0.3) is 10.8 Å². The number of carbonyl (C=O) groups is 1. The fraction of sp³-hybridized carbons (Fsp3) is 0.167. The van der Waals surface area contributed by atoms with Gasteiger partial charge in [0.2, 0.25) is 0 Å². The number of esters is 1. The van der Waals surface area contributed by atoms with E-state index in [9.17, 15) is 9.59 Å². The van der Waals surface area contributed by atoms with E-state index < -0.39 is 5.97 Å². The third-order valence-corrected chi connectivity index (χ3v) is 3.65. The standard InChI is InChI=1S/C18H16N2O4/c1-20-17(21)8-7-16(19-20)18(22)24-11-12-3-4-14-10-15(23-2)6-5-13(14)9-12/h3-10H,11H2,1-2H3. The number of fused-ring (bicyclic) bond motifs is 1. The summed E-state index contributed by atoms with van der Waals surface area (Å²) in [5, 5.41) is 5.95. The molecule has 3 rings (SSSR count). The summed E-state index contributed by atoms with van der Waals surface area (Å²) in [7, 11) is 3.11. The zero-order valence-corrected chi connectivity index (χ0v) is 13.4. The number of hydrogen-bond donors (Lipinski definition) is 0. The third-order valence-electron chi connectivity index (χ3n) is 3.65. The predicted octanol–water partition coefficient (Wildman–Crippen LogP) is 2.30. The van der Waals surface area contributed by atoms with Crippen LogP contribution in [0.4, 0.5) is 0 Å². The van der Waals surface area contributed by atoms with Gasteiger partial charge in [-0.2, -0.15) is 5.10 Å². The number of nitrogens with zero attached hydrogens (tertiary/aromatic N) is 2. The Balaban J connectivity index is 1.74. The molecule has 2 aromatic carbocycles. The molecule has 1 aromatic heterocycles. The molecule has 0 radical (unpaired) electrons. The Hall–Kier alpha value is -3.15. The maximum Gasteiger partial charge on any atom is 0.359 e. The highest BCUT2D eigenvalue weighted by Gasteiger charge is 2.10. The van der Waals surface area contributed by atoms with Gasteiger partial charge in [0.15, 0.2) is 5.69 Å². The van der Waals surface area contributed by atoms with Crippen LogP contribution in [0.1, 0.15) is 16.1 Å². The highest BCUT2D eigenvalue weighted by molar-refractivity contribution is 5.87. The Morgan fingerprint density at radius 3 is 2.58 bits per heavy atom. The zero-order valence-electron chi connectivity index (χ0n) is 13.4. The van der Waals surface area contributed by atoms with Gasteiger partial charge in [-0.05, 0) is 40.6 Å². The van der Waals surface area contributed by atoms with Crippen LogP contribution in [0.15, 0.2) is 53.3 Å². The maximum atomic E-state index is 12.0. The van der Waals surface area contributed by atoms with Crippen molar-refractivity contribution in [2.75, 3.05) is 7.11 Å². The fourth-order valence-electron chi connectivity index (χ4n) is 2.32. The van der Waals surface area contributed by atoms with Crippen LogP contribution in [0.5, 0.6) is 5.75 Å². The number of benzene rings is 2. The van der Waals surface area contributed by atoms with E-state index in [-0.39, 0.29) is 17.9 Å². The smallest absolute Gasteiger partial charge is 0.359 e. The van der Waals surface area contributed by atoms with E-state index in [1.807, 2.05) is 36.4 Å². The molecule has 6 heteroatoms. The van der Waals surface area contributed by atoms with Crippen molar-refractivity contribution >= 4 is 16.7 Å². The third kappa shape index (κ3) is 3.27. The topological polar surface area (TPSA) is 70.4 Å². The first-order valence-electron chi connectivity index (χ1n) is 7.35. The van der Waals surface area contributed by atoms with Crippen molar-refractivity contribution in [1.29, 1.82) is 0 Å². The highest BCUT2D eigenvalue weighted by atomic mass is 16.5. The average molecular weight is 324 g/mol. The van der Waals surface area contributed by atoms with Gasteiger partial charge in [-0.25, -0.2) is 9.48 Å². The summed E-state index contributed by atoms with van der Waals surface area (Å²) in [5.74, 6) is 0.225. The molecule has 0 saturated heterocycles. The summed E-state index contributed by atoms with van der Waals surface area (Å²) in [6.45, 7) is 0.130. The molecule has 0 saturated carbocycles. The highest BCUT2D eigenvalue weighted by Crippen LogP contribution is 2.22. The summed E-state index contributed by atoms with van der Waals surface area (Å²) >= 11 is 0. The van der Waals surface area contributed by atoms with E-state index in [0.717, 1.165) is 26.8 Å². The van der Waals surface area contributed by atoms with Crippen molar-refractivity contribution < 1.29 is 14.3 Å². The summed E-state index contributed by atoms with van der Waals surface area (Å²) in [5.41, 5.74) is 0.685. The van der Waals surface area contributed by atoms with Crippen LogP contribution in [-0.2, 0) is 18.4 Å². The lowest BCUT2D eigenvalue weighted by atomic mass is 10.1. The van der Waals surface area contributed by atoms with Crippen LogP contribution >= 0.6 is 0 Å². The lowest BCUT2D eigenvalue weighted by Crippen LogP contribution is -2.21. The Morgan fingerprint density at radius 1 is 1.08 bits per heavy atom. The molecule has 0 bridgehead atoms. The molecular weight excluding hydrogens is 308 g/mol. The van der Waals surface area contributed by atoms with Crippen molar-refractivity contribution in [3.8, 4) is 5.75 Å². The molecule has 0 aliphatic heterocycles. The number of hydrogen-bond acceptors (Lipinski definition) is 5. The molecule has 6 nitrogen and oxygen atoms in total. The Kier molecular flexibility index (Phi) is 4.29. The fourth-order valence-corrected chi connectivity index (χ4v) is 2.32. The second kappa shape index (κ2) is 6.54. The monoisotopic (exact) mass is 324 g/mol. The summed E-state index contributed by atoms with van der Waals surface area (Å²) < 4.78 is 11.6. The van der Waals surface area contributed by atoms with Crippen LogP contribution in [0, 0.1) is 0 Å². The van der Waals surface area contributed by atoms with Gasteiger partial charge in [0.1, 0.15) is 12.4 Å². The van der Waals surface area contributed by atoms with Gasteiger partial charge in [-0.1, -0.05) is 18.2 Å². The largest absolute Gasteiger partial charge is 0.497 e. The molecular formula is C18H16N2O4. The molecule has 122 valence electrons. The molecule has 0 N–H and O–H groups in total. The Morgan fingerprint density at radius 2 is 1.83 bits per heavy atom. The van der Waals surface area contributed by atoms with Gasteiger partial charge in [-0.15, -0.1) is 0 Å². The van der Waals surface area contributed by atoms with Gasteiger partial charge < -0.3 is 9.47 Å². The SMILES string of the molecule is COc1ccc2cc(COC(=O)c3ccc(=O)n(C)n3)ccc2c1. The first kappa shape index (κ1) is 15.7. The predicted molar refractivity (Wildman–Crippen MR) is 89.1 cm³/mol. The van der Waals surface area contributed by atoms with E-state index in [2.05, 4.69) is 5.10 Å². The number of ether oxygens (including phenoxy) is 2. The number of aromatic nitrogens is 2. The van der Waals surface area contributed by atoms with Crippen molar-refractivity contribution in [3.05, 3.63) is 70.1 Å². The van der Waals surface area contributed by atoms with E-state index in [0.29, 0.717) is 0 Å². The van der Waals surface area contributed by atoms with Gasteiger partial charge in [0.25, 0.3) is 5.56 Å². The van der Waals surface area contributed by atoms with Crippen molar-refractivity contribution in [3.63, 3.8) is 0 Å². The van der Waals surface area contributed by atoms with Crippen molar-refractivity contribution in [2.45, 2.75) is 6.61 Å². The minimum absolute atomic E-state index is 0.0997. The maximum absolute atomic E-state index is 12.0. The van der Waals surface area contributed by atoms with Crippen molar-refractivity contribution in [1.82, 2.24) is 9.78 Å². The van der Waals surface area contributed by atoms with Gasteiger partial charge in [0.05, 0.1) is 7.11 Å². The average Bonchev–Trinajstić information content (AvgIpc) is 2.61. The molecule has 0 fully saturated rings. The Bertz CT molecular complexity index is 963. The first-order chi connectivity index (χ1) is 11.6. The van der Waals surface area contributed by atoms with Crippen LogP contribution in [-0.4, -0.2) is 22.9 Å². The molecule has 0 amide bonds. The quantitative estimate of drug-likeness (QED) is 0.689. The molecule has 0 aliphatic rings. The van der Waals surface area contributed by atoms with Crippen LogP contribution in [0.2, 0.25) is 0 Å². The molecule has 0 aliphatic carbocycles. The Labute approximate surface area is 138 Å². The summed E-state index contributed by atoms with van der Waals surface area (Å²) in [4.78, 5) is 23.3. The number of carbonyl (C=O) groups excluding carboxylic acids is 1. The van der Waals surface area contributed by atoms with Crippen molar-refractivity contribution in [2.24, 2.45) is 7.05 Å². The second-order valence-corrected chi connectivity index (χ2v) is 5.30.